The van der Waals surface area contributed by atoms with E-state index in [-0.39, 0.29) is 0 Å². The molecule has 0 aliphatic carbocycles. The van der Waals surface area contributed by atoms with Gasteiger partial charge in [0.05, 0.1) is 19.8 Å². The Morgan fingerprint density at radius 2 is 2.00 bits per heavy atom. The zero-order chi connectivity index (χ0) is 14.6. The van der Waals surface area contributed by atoms with E-state index in [1.807, 2.05) is 12.1 Å². The van der Waals surface area contributed by atoms with Gasteiger partial charge in [0.2, 0.25) is 5.88 Å². The first-order valence-corrected chi connectivity index (χ1v) is 7.07. The Morgan fingerprint density at radius 3 is 2.75 bits per heavy atom. The second kappa shape index (κ2) is 10.6. The smallest absolute Gasteiger partial charge is 0.213 e. The van der Waals surface area contributed by atoms with E-state index in [0.29, 0.717) is 38.2 Å². The number of methoxy groups -OCH3 is 1. The molecular formula is C15H26N2O3. The van der Waals surface area contributed by atoms with Gasteiger partial charge in [0.25, 0.3) is 0 Å². The second-order valence-electron chi connectivity index (χ2n) is 4.98. The van der Waals surface area contributed by atoms with Gasteiger partial charge in [0.1, 0.15) is 6.61 Å². The number of hydrogen-bond donors (Lipinski definition) is 1. The lowest BCUT2D eigenvalue weighted by atomic mass is 10.2. The quantitative estimate of drug-likeness (QED) is 0.628. The van der Waals surface area contributed by atoms with Gasteiger partial charge in [-0.2, -0.15) is 0 Å². The van der Waals surface area contributed by atoms with Crippen molar-refractivity contribution < 1.29 is 14.2 Å². The van der Waals surface area contributed by atoms with E-state index >= 15 is 0 Å². The maximum absolute atomic E-state index is 5.55. The molecule has 5 heteroatoms. The summed E-state index contributed by atoms with van der Waals surface area (Å²) in [5.74, 6) is 1.29. The highest BCUT2D eigenvalue weighted by Crippen LogP contribution is 2.09. The summed E-state index contributed by atoms with van der Waals surface area (Å²) in [6, 6.07) is 3.96. The van der Waals surface area contributed by atoms with Crippen molar-refractivity contribution >= 4 is 0 Å². The molecule has 1 N–H and O–H groups in total. The van der Waals surface area contributed by atoms with Crippen molar-refractivity contribution in [3.05, 3.63) is 23.9 Å². The summed E-state index contributed by atoms with van der Waals surface area (Å²) in [5.41, 5.74) is 1.18. The maximum atomic E-state index is 5.55. The molecule has 1 rings (SSSR count). The molecule has 0 radical (unpaired) electrons. The zero-order valence-corrected chi connectivity index (χ0v) is 12.7. The number of hydrogen-bond acceptors (Lipinski definition) is 5. The minimum Gasteiger partial charge on any atom is -0.475 e. The van der Waals surface area contributed by atoms with E-state index in [1.54, 1.807) is 13.3 Å². The molecular weight excluding hydrogens is 256 g/mol. The highest BCUT2D eigenvalue weighted by atomic mass is 16.5. The Morgan fingerprint density at radius 1 is 1.20 bits per heavy atom. The van der Waals surface area contributed by atoms with Crippen LogP contribution in [-0.2, 0) is 16.0 Å². The van der Waals surface area contributed by atoms with E-state index in [9.17, 15) is 0 Å². The molecule has 0 saturated heterocycles. The minimum absolute atomic E-state index is 0.500. The predicted molar refractivity (Wildman–Crippen MR) is 79.0 cm³/mol. The van der Waals surface area contributed by atoms with Gasteiger partial charge in [-0.1, -0.05) is 13.8 Å². The molecule has 0 aliphatic heterocycles. The van der Waals surface area contributed by atoms with Crippen LogP contribution < -0.4 is 10.1 Å². The third kappa shape index (κ3) is 8.09. The molecule has 0 bridgehead atoms. The van der Waals surface area contributed by atoms with Crippen LogP contribution >= 0.6 is 0 Å². The summed E-state index contributed by atoms with van der Waals surface area (Å²) in [4.78, 5) is 4.19. The van der Waals surface area contributed by atoms with Gasteiger partial charge >= 0.3 is 0 Å². The topological polar surface area (TPSA) is 52.6 Å². The van der Waals surface area contributed by atoms with Crippen molar-refractivity contribution in [1.29, 1.82) is 0 Å². The molecule has 1 aromatic heterocycles. The van der Waals surface area contributed by atoms with Gasteiger partial charge in [-0.05, 0) is 24.1 Å². The van der Waals surface area contributed by atoms with Gasteiger partial charge in [-0.3, -0.25) is 0 Å². The first-order chi connectivity index (χ1) is 9.72. The summed E-state index contributed by atoms with van der Waals surface area (Å²) in [6.45, 7) is 8.46. The monoisotopic (exact) mass is 282 g/mol. The third-order valence-corrected chi connectivity index (χ3v) is 2.59. The molecule has 0 spiro atoms. The summed E-state index contributed by atoms with van der Waals surface area (Å²) in [6.07, 6.45) is 1.77. The Balaban J connectivity index is 2.22. The highest BCUT2D eigenvalue weighted by Gasteiger charge is 1.99. The first-order valence-electron chi connectivity index (χ1n) is 7.07. The fraction of sp³-hybridized carbons (Fsp3) is 0.667. The summed E-state index contributed by atoms with van der Waals surface area (Å²) in [5, 5.41) is 3.40. The van der Waals surface area contributed by atoms with Gasteiger partial charge in [-0.15, -0.1) is 0 Å². The molecule has 1 aromatic rings. The van der Waals surface area contributed by atoms with E-state index < -0.39 is 0 Å². The van der Waals surface area contributed by atoms with Crippen LogP contribution in [0.4, 0.5) is 0 Å². The van der Waals surface area contributed by atoms with Crippen LogP contribution in [-0.4, -0.2) is 45.1 Å². The number of aromatic nitrogens is 1. The van der Waals surface area contributed by atoms with E-state index in [1.165, 1.54) is 5.56 Å². The summed E-state index contributed by atoms with van der Waals surface area (Å²) in [7, 11) is 1.66. The molecule has 20 heavy (non-hydrogen) atoms. The van der Waals surface area contributed by atoms with Crippen molar-refractivity contribution in [3.63, 3.8) is 0 Å². The maximum Gasteiger partial charge on any atom is 0.213 e. The normalized spacial score (nSPS) is 11.0. The standard InChI is InChI=1S/C15H26N2O3/c1-13(2)11-16-12-14-4-5-17-15(10-14)20-9-8-19-7-6-18-3/h4-5,10,13,16H,6-9,11-12H2,1-3H3. The Labute approximate surface area is 121 Å². The van der Waals surface area contributed by atoms with Crippen LogP contribution in [0.3, 0.4) is 0 Å². The SMILES string of the molecule is COCCOCCOc1cc(CNCC(C)C)ccn1. The van der Waals surface area contributed by atoms with Crippen LogP contribution in [0.15, 0.2) is 18.3 Å². The number of rotatable bonds is 11. The fourth-order valence-electron chi connectivity index (χ4n) is 1.59. The Hall–Kier alpha value is -1.17. The lowest BCUT2D eigenvalue weighted by molar-refractivity contribution is 0.0536. The minimum atomic E-state index is 0.500. The molecule has 0 atom stereocenters. The highest BCUT2D eigenvalue weighted by molar-refractivity contribution is 5.20. The van der Waals surface area contributed by atoms with Crippen molar-refractivity contribution in [2.75, 3.05) is 40.1 Å². The van der Waals surface area contributed by atoms with Crippen LogP contribution in [0, 0.1) is 5.92 Å². The predicted octanol–water partition coefficient (Wildman–Crippen LogP) is 1.87. The summed E-state index contributed by atoms with van der Waals surface area (Å²) < 4.78 is 15.8. The van der Waals surface area contributed by atoms with Crippen LogP contribution in [0.2, 0.25) is 0 Å². The van der Waals surface area contributed by atoms with Crippen LogP contribution in [0.5, 0.6) is 5.88 Å². The van der Waals surface area contributed by atoms with Crippen LogP contribution in [0.25, 0.3) is 0 Å². The molecule has 0 aromatic carbocycles. The molecule has 1 heterocycles. The van der Waals surface area contributed by atoms with Crippen molar-refractivity contribution in [2.45, 2.75) is 20.4 Å². The average molecular weight is 282 g/mol. The lowest BCUT2D eigenvalue weighted by Crippen LogP contribution is -2.19. The number of nitrogens with one attached hydrogen (secondary N) is 1. The van der Waals surface area contributed by atoms with Gasteiger partial charge in [0, 0.05) is 25.9 Å². The average Bonchev–Trinajstić information content (AvgIpc) is 2.43. The number of nitrogens with zero attached hydrogens (tertiary/aromatic N) is 1. The number of pyridine rings is 1. The van der Waals surface area contributed by atoms with Gasteiger partial charge < -0.3 is 19.5 Å². The Bertz CT molecular complexity index is 359. The third-order valence-electron chi connectivity index (χ3n) is 2.59. The first kappa shape index (κ1) is 16.9. The molecule has 0 saturated carbocycles. The zero-order valence-electron chi connectivity index (χ0n) is 12.7. The van der Waals surface area contributed by atoms with Crippen molar-refractivity contribution in [2.24, 2.45) is 5.92 Å². The molecule has 0 amide bonds. The van der Waals surface area contributed by atoms with E-state index in [2.05, 4.69) is 24.1 Å². The van der Waals surface area contributed by atoms with E-state index in [0.717, 1.165) is 13.1 Å². The Kier molecular flexibility index (Phi) is 8.95. The second-order valence-corrected chi connectivity index (χ2v) is 4.98. The van der Waals surface area contributed by atoms with Crippen molar-refractivity contribution in [3.8, 4) is 5.88 Å². The van der Waals surface area contributed by atoms with Gasteiger partial charge in [0.15, 0.2) is 0 Å². The number of ether oxygens (including phenoxy) is 3. The molecule has 5 nitrogen and oxygen atoms in total. The largest absolute Gasteiger partial charge is 0.475 e. The summed E-state index contributed by atoms with van der Waals surface area (Å²) >= 11 is 0. The molecule has 0 fully saturated rings. The molecule has 0 unspecified atom stereocenters. The molecule has 114 valence electrons. The van der Waals surface area contributed by atoms with Gasteiger partial charge in [-0.25, -0.2) is 4.98 Å². The molecule has 0 aliphatic rings. The fourth-order valence-corrected chi connectivity index (χ4v) is 1.59. The lowest BCUT2D eigenvalue weighted by Gasteiger charge is -2.09. The van der Waals surface area contributed by atoms with Crippen molar-refractivity contribution in [1.82, 2.24) is 10.3 Å². The van der Waals surface area contributed by atoms with E-state index in [4.69, 9.17) is 14.2 Å². The van der Waals surface area contributed by atoms with Crippen LogP contribution in [0.1, 0.15) is 19.4 Å².